The molecule has 0 saturated carbocycles. The Bertz CT molecular complexity index is 1280. The lowest BCUT2D eigenvalue weighted by Gasteiger charge is -2.36. The number of carbonyl (C=O) groups is 2. The van der Waals surface area contributed by atoms with Crippen molar-refractivity contribution in [1.29, 1.82) is 0 Å². The molecule has 3 aromatic carbocycles. The standard InChI is InChI=1S/C27H24F3N3O3/c28-27(29,30)20-8-4-19(5-9-20)17-33-25(35)22-2-1-3-23(24(22)26(33)36)32-14-12-31(13-15-32)16-18-6-10-21(34)11-7-18/h1-11,34H,12-17H2. The molecule has 1 N–H and O–H groups in total. The molecule has 2 amide bonds. The maximum atomic E-state index is 13.3. The van der Waals surface area contributed by atoms with Crippen LogP contribution in [0.5, 0.6) is 5.75 Å². The number of phenols is 1. The first kappa shape index (κ1) is 23.9. The Morgan fingerprint density at radius 1 is 0.750 bits per heavy atom. The summed E-state index contributed by atoms with van der Waals surface area (Å²) in [5, 5.41) is 9.47. The van der Waals surface area contributed by atoms with Crippen molar-refractivity contribution in [2.45, 2.75) is 19.3 Å². The van der Waals surface area contributed by atoms with Gasteiger partial charge in [0.25, 0.3) is 11.8 Å². The maximum Gasteiger partial charge on any atom is 0.416 e. The Morgan fingerprint density at radius 2 is 1.36 bits per heavy atom. The maximum absolute atomic E-state index is 13.3. The van der Waals surface area contributed by atoms with Crippen molar-refractivity contribution in [3.05, 3.63) is 94.5 Å². The van der Waals surface area contributed by atoms with E-state index in [1.807, 2.05) is 18.2 Å². The lowest BCUT2D eigenvalue weighted by molar-refractivity contribution is -0.137. The third-order valence-corrected chi connectivity index (χ3v) is 6.65. The molecule has 5 rings (SSSR count). The van der Waals surface area contributed by atoms with E-state index in [1.54, 1.807) is 24.3 Å². The van der Waals surface area contributed by atoms with Crippen LogP contribution < -0.4 is 4.90 Å². The number of anilines is 1. The van der Waals surface area contributed by atoms with E-state index >= 15 is 0 Å². The first-order valence-electron chi connectivity index (χ1n) is 11.6. The van der Waals surface area contributed by atoms with Gasteiger partial charge in [-0.2, -0.15) is 13.2 Å². The quantitative estimate of drug-likeness (QED) is 0.527. The number of nitrogens with zero attached hydrogens (tertiary/aromatic N) is 3. The van der Waals surface area contributed by atoms with E-state index in [-0.39, 0.29) is 12.3 Å². The fourth-order valence-corrected chi connectivity index (χ4v) is 4.71. The number of benzene rings is 3. The molecule has 186 valence electrons. The van der Waals surface area contributed by atoms with Gasteiger partial charge in [-0.1, -0.05) is 30.3 Å². The zero-order valence-electron chi connectivity index (χ0n) is 19.3. The molecule has 1 fully saturated rings. The number of aromatic hydroxyl groups is 1. The van der Waals surface area contributed by atoms with Crippen LogP contribution in [-0.4, -0.2) is 52.9 Å². The lowest BCUT2D eigenvalue weighted by atomic mass is 10.1. The van der Waals surface area contributed by atoms with Gasteiger partial charge in [0.05, 0.1) is 28.9 Å². The van der Waals surface area contributed by atoms with Gasteiger partial charge in [-0.15, -0.1) is 0 Å². The van der Waals surface area contributed by atoms with Crippen LogP contribution in [0.1, 0.15) is 37.4 Å². The molecule has 2 aliphatic heterocycles. The van der Waals surface area contributed by atoms with Crippen LogP contribution >= 0.6 is 0 Å². The largest absolute Gasteiger partial charge is 0.508 e. The third-order valence-electron chi connectivity index (χ3n) is 6.65. The number of hydrogen-bond donors (Lipinski definition) is 1. The van der Waals surface area contributed by atoms with Crippen molar-refractivity contribution in [3.8, 4) is 5.75 Å². The molecule has 2 aliphatic rings. The number of rotatable bonds is 5. The van der Waals surface area contributed by atoms with Crippen molar-refractivity contribution in [2.24, 2.45) is 0 Å². The molecule has 2 heterocycles. The van der Waals surface area contributed by atoms with E-state index in [0.717, 1.165) is 42.2 Å². The molecule has 0 unspecified atom stereocenters. The summed E-state index contributed by atoms with van der Waals surface area (Å²) in [4.78, 5) is 31.8. The van der Waals surface area contributed by atoms with Gasteiger partial charge in [-0.05, 0) is 47.5 Å². The molecular weight excluding hydrogens is 471 g/mol. The van der Waals surface area contributed by atoms with E-state index in [9.17, 15) is 27.9 Å². The normalized spacial score (nSPS) is 16.5. The van der Waals surface area contributed by atoms with Gasteiger partial charge >= 0.3 is 6.18 Å². The van der Waals surface area contributed by atoms with Crippen LogP contribution in [0.3, 0.4) is 0 Å². The summed E-state index contributed by atoms with van der Waals surface area (Å²) >= 11 is 0. The van der Waals surface area contributed by atoms with Crippen LogP contribution in [0.15, 0.2) is 66.7 Å². The molecule has 0 atom stereocenters. The first-order valence-corrected chi connectivity index (χ1v) is 11.6. The van der Waals surface area contributed by atoms with Gasteiger partial charge in [0, 0.05) is 32.7 Å². The number of hydrogen-bond acceptors (Lipinski definition) is 5. The number of phenolic OH excluding ortho intramolecular Hbond substituents is 1. The number of fused-ring (bicyclic) bond motifs is 1. The number of halogens is 3. The fraction of sp³-hybridized carbons (Fsp3) is 0.259. The number of alkyl halides is 3. The smallest absolute Gasteiger partial charge is 0.416 e. The van der Waals surface area contributed by atoms with E-state index < -0.39 is 23.6 Å². The van der Waals surface area contributed by atoms with Crippen LogP contribution in [0, 0.1) is 0 Å². The number of carbonyl (C=O) groups excluding carboxylic acids is 2. The zero-order valence-corrected chi connectivity index (χ0v) is 19.3. The van der Waals surface area contributed by atoms with Gasteiger partial charge in [-0.25, -0.2) is 0 Å². The highest BCUT2D eigenvalue weighted by molar-refractivity contribution is 6.23. The lowest BCUT2D eigenvalue weighted by Crippen LogP contribution is -2.46. The summed E-state index contributed by atoms with van der Waals surface area (Å²) in [7, 11) is 0. The highest BCUT2D eigenvalue weighted by Gasteiger charge is 2.39. The summed E-state index contributed by atoms with van der Waals surface area (Å²) in [5.74, 6) is -0.646. The Labute approximate surface area is 206 Å². The van der Waals surface area contributed by atoms with Crippen molar-refractivity contribution < 1.29 is 27.9 Å². The molecule has 0 aromatic heterocycles. The molecule has 1 saturated heterocycles. The Balaban J connectivity index is 1.29. The minimum absolute atomic E-state index is 0.0929. The first-order chi connectivity index (χ1) is 17.2. The van der Waals surface area contributed by atoms with Crippen molar-refractivity contribution in [2.75, 3.05) is 31.1 Å². The van der Waals surface area contributed by atoms with Gasteiger partial charge in [0.2, 0.25) is 0 Å². The predicted molar refractivity (Wildman–Crippen MR) is 128 cm³/mol. The summed E-state index contributed by atoms with van der Waals surface area (Å²) < 4.78 is 38.6. The second-order valence-electron chi connectivity index (χ2n) is 9.02. The van der Waals surface area contributed by atoms with Gasteiger partial charge < -0.3 is 10.0 Å². The van der Waals surface area contributed by atoms with E-state index in [4.69, 9.17) is 0 Å². The molecular formula is C27H24F3N3O3. The van der Waals surface area contributed by atoms with Crippen LogP contribution in [0.2, 0.25) is 0 Å². The zero-order chi connectivity index (χ0) is 25.4. The molecule has 0 spiro atoms. The van der Waals surface area contributed by atoms with Crippen LogP contribution in [0.4, 0.5) is 18.9 Å². The van der Waals surface area contributed by atoms with Crippen molar-refractivity contribution in [3.63, 3.8) is 0 Å². The van der Waals surface area contributed by atoms with Crippen molar-refractivity contribution >= 4 is 17.5 Å². The second-order valence-corrected chi connectivity index (χ2v) is 9.02. The highest BCUT2D eigenvalue weighted by Crippen LogP contribution is 2.34. The average Bonchev–Trinajstić information content (AvgIpc) is 3.11. The molecule has 36 heavy (non-hydrogen) atoms. The minimum Gasteiger partial charge on any atom is -0.508 e. The monoisotopic (exact) mass is 495 g/mol. The number of amides is 2. The third kappa shape index (κ3) is 4.66. The van der Waals surface area contributed by atoms with Crippen molar-refractivity contribution in [1.82, 2.24) is 9.80 Å². The molecule has 0 aliphatic carbocycles. The van der Waals surface area contributed by atoms with E-state index in [2.05, 4.69) is 9.80 Å². The highest BCUT2D eigenvalue weighted by atomic mass is 19.4. The Hall–Kier alpha value is -3.85. The molecule has 3 aromatic rings. The summed E-state index contributed by atoms with van der Waals surface area (Å²) in [5.41, 5.74) is 2.13. The topological polar surface area (TPSA) is 64.1 Å². The summed E-state index contributed by atoms with van der Waals surface area (Å²) in [6.45, 7) is 3.54. The molecule has 0 bridgehead atoms. The Morgan fingerprint density at radius 3 is 2.00 bits per heavy atom. The SMILES string of the molecule is O=C1c2cccc(N3CCN(Cc4ccc(O)cc4)CC3)c2C(=O)N1Cc1ccc(C(F)(F)F)cc1. The molecule has 6 nitrogen and oxygen atoms in total. The Kier molecular flexibility index (Phi) is 6.17. The van der Waals surface area contributed by atoms with E-state index in [1.165, 1.54) is 12.1 Å². The fourth-order valence-electron chi connectivity index (χ4n) is 4.71. The van der Waals surface area contributed by atoms with Crippen LogP contribution in [-0.2, 0) is 19.3 Å². The van der Waals surface area contributed by atoms with Gasteiger partial charge in [0.15, 0.2) is 0 Å². The predicted octanol–water partition coefficient (Wildman–Crippen LogP) is 4.53. The van der Waals surface area contributed by atoms with Gasteiger partial charge in [0.1, 0.15) is 5.75 Å². The summed E-state index contributed by atoms with van der Waals surface area (Å²) in [6, 6.07) is 16.8. The molecule has 0 radical (unpaired) electrons. The van der Waals surface area contributed by atoms with Crippen LogP contribution in [0.25, 0.3) is 0 Å². The number of imide groups is 1. The average molecular weight is 496 g/mol. The van der Waals surface area contributed by atoms with E-state index in [0.29, 0.717) is 35.5 Å². The number of piperazine rings is 1. The second kappa shape index (κ2) is 9.31. The minimum atomic E-state index is -4.45. The molecule has 9 heteroatoms. The van der Waals surface area contributed by atoms with Gasteiger partial charge in [-0.3, -0.25) is 19.4 Å². The summed E-state index contributed by atoms with van der Waals surface area (Å²) in [6.07, 6.45) is -4.45.